The fourth-order valence-electron chi connectivity index (χ4n) is 1.31. The number of halogens is 1. The lowest BCUT2D eigenvalue weighted by molar-refractivity contribution is 0.470. The molecule has 0 spiro atoms. The molecule has 2 aromatic rings. The Bertz CT molecular complexity index is 433. The minimum absolute atomic E-state index is 0.0400. The summed E-state index contributed by atoms with van der Waals surface area (Å²) in [5.41, 5.74) is 0.701. The van der Waals surface area contributed by atoms with Crippen molar-refractivity contribution >= 4 is 10.9 Å². The number of aromatic hydroxyl groups is 1. The molecule has 0 radical (unpaired) electrons. The molecule has 62 valence electrons. The molecule has 0 aliphatic rings. The second-order valence-corrected chi connectivity index (χ2v) is 2.79. The Morgan fingerprint density at radius 2 is 2.17 bits per heavy atom. The van der Waals surface area contributed by atoms with Gasteiger partial charge >= 0.3 is 0 Å². The van der Waals surface area contributed by atoms with Crippen LogP contribution in [0.4, 0.5) is 4.39 Å². The molecule has 0 aliphatic heterocycles. The van der Waals surface area contributed by atoms with Gasteiger partial charge in [0.1, 0.15) is 11.6 Å². The Morgan fingerprint density at radius 1 is 1.42 bits per heavy atom. The molecule has 0 saturated carbocycles. The molecule has 1 heterocycles. The van der Waals surface area contributed by atoms with E-state index in [4.69, 9.17) is 5.11 Å². The highest BCUT2D eigenvalue weighted by Gasteiger charge is 2.04. The summed E-state index contributed by atoms with van der Waals surface area (Å²) >= 11 is 0. The van der Waals surface area contributed by atoms with E-state index < -0.39 is 0 Å². The topological polar surface area (TPSA) is 25.2 Å². The van der Waals surface area contributed by atoms with E-state index in [1.165, 1.54) is 0 Å². The number of phenolic OH excluding ortho intramolecular Hbond substituents is 1. The van der Waals surface area contributed by atoms with Crippen molar-refractivity contribution in [3.05, 3.63) is 30.2 Å². The fourth-order valence-corrected chi connectivity index (χ4v) is 1.31. The molecular formula is C9H8FNO. The van der Waals surface area contributed by atoms with Gasteiger partial charge in [-0.2, -0.15) is 0 Å². The number of hydrogen-bond donors (Lipinski definition) is 1. The van der Waals surface area contributed by atoms with Crippen molar-refractivity contribution in [1.82, 2.24) is 4.57 Å². The Hall–Kier alpha value is -1.51. The standard InChI is InChI=1S/C9H8FNO/c1-11-3-2-7-8(10)4-6(12)5-9(7)11/h2-5,12H,1H3. The van der Waals surface area contributed by atoms with Crippen LogP contribution in [0.1, 0.15) is 0 Å². The summed E-state index contributed by atoms with van der Waals surface area (Å²) < 4.78 is 14.8. The summed E-state index contributed by atoms with van der Waals surface area (Å²) in [6.07, 6.45) is 1.76. The predicted octanol–water partition coefficient (Wildman–Crippen LogP) is 2.02. The third-order valence-electron chi connectivity index (χ3n) is 1.94. The Kier molecular flexibility index (Phi) is 1.33. The summed E-state index contributed by atoms with van der Waals surface area (Å²) in [6.45, 7) is 0. The Balaban J connectivity index is 2.92. The number of rotatable bonds is 0. The summed E-state index contributed by atoms with van der Waals surface area (Å²) in [5, 5.41) is 9.64. The first-order chi connectivity index (χ1) is 5.68. The minimum Gasteiger partial charge on any atom is -0.508 e. The van der Waals surface area contributed by atoms with E-state index in [-0.39, 0.29) is 11.6 Å². The molecule has 0 amide bonds. The van der Waals surface area contributed by atoms with E-state index in [2.05, 4.69) is 0 Å². The molecule has 0 atom stereocenters. The Labute approximate surface area is 68.9 Å². The van der Waals surface area contributed by atoms with Crippen molar-refractivity contribution < 1.29 is 9.50 Å². The first kappa shape index (κ1) is 7.16. The monoisotopic (exact) mass is 165 g/mol. The van der Waals surface area contributed by atoms with Crippen molar-refractivity contribution in [2.75, 3.05) is 0 Å². The van der Waals surface area contributed by atoms with Crippen LogP contribution in [0.2, 0.25) is 0 Å². The maximum atomic E-state index is 13.1. The van der Waals surface area contributed by atoms with Gasteiger partial charge in [0.25, 0.3) is 0 Å². The largest absolute Gasteiger partial charge is 0.508 e. The first-order valence-corrected chi connectivity index (χ1v) is 3.62. The highest BCUT2D eigenvalue weighted by atomic mass is 19.1. The van der Waals surface area contributed by atoms with Crippen LogP contribution in [0.25, 0.3) is 10.9 Å². The molecule has 3 heteroatoms. The third-order valence-corrected chi connectivity index (χ3v) is 1.94. The molecule has 1 aromatic carbocycles. The average molecular weight is 165 g/mol. The fraction of sp³-hybridized carbons (Fsp3) is 0.111. The van der Waals surface area contributed by atoms with E-state index in [1.54, 1.807) is 29.9 Å². The zero-order valence-corrected chi connectivity index (χ0v) is 6.58. The number of aromatic nitrogens is 1. The van der Waals surface area contributed by atoms with Crippen LogP contribution in [-0.2, 0) is 7.05 Å². The molecule has 0 unspecified atom stereocenters. The van der Waals surface area contributed by atoms with Crippen LogP contribution in [0.5, 0.6) is 5.75 Å². The van der Waals surface area contributed by atoms with Gasteiger partial charge < -0.3 is 9.67 Å². The molecule has 0 saturated heterocycles. The van der Waals surface area contributed by atoms with Gasteiger partial charge in [-0.05, 0) is 6.07 Å². The highest BCUT2D eigenvalue weighted by Crippen LogP contribution is 2.23. The van der Waals surface area contributed by atoms with Crippen LogP contribution in [0.3, 0.4) is 0 Å². The van der Waals surface area contributed by atoms with Gasteiger partial charge in [-0.1, -0.05) is 0 Å². The first-order valence-electron chi connectivity index (χ1n) is 3.62. The zero-order chi connectivity index (χ0) is 8.72. The van der Waals surface area contributed by atoms with E-state index in [0.717, 1.165) is 6.07 Å². The van der Waals surface area contributed by atoms with E-state index >= 15 is 0 Å². The summed E-state index contributed by atoms with van der Waals surface area (Å²) in [5.74, 6) is -0.424. The summed E-state index contributed by atoms with van der Waals surface area (Å²) in [6, 6.07) is 4.34. The van der Waals surface area contributed by atoms with Crippen molar-refractivity contribution in [2.45, 2.75) is 0 Å². The zero-order valence-electron chi connectivity index (χ0n) is 6.58. The number of hydrogen-bond acceptors (Lipinski definition) is 1. The molecule has 0 fully saturated rings. The maximum absolute atomic E-state index is 13.1. The van der Waals surface area contributed by atoms with Gasteiger partial charge in [0.15, 0.2) is 0 Å². The predicted molar refractivity (Wildman–Crippen MR) is 44.5 cm³/mol. The van der Waals surface area contributed by atoms with Gasteiger partial charge in [-0.3, -0.25) is 0 Å². The quantitative estimate of drug-likeness (QED) is 0.634. The molecule has 1 aromatic heterocycles. The maximum Gasteiger partial charge on any atom is 0.136 e. The number of aryl methyl sites for hydroxylation is 1. The summed E-state index contributed by atoms with van der Waals surface area (Å²) in [4.78, 5) is 0. The normalized spacial score (nSPS) is 10.8. The van der Waals surface area contributed by atoms with Crippen molar-refractivity contribution in [2.24, 2.45) is 7.05 Å². The van der Waals surface area contributed by atoms with Crippen LogP contribution < -0.4 is 0 Å². The average Bonchev–Trinajstić information content (AvgIpc) is 2.33. The third kappa shape index (κ3) is 0.863. The molecule has 0 aliphatic carbocycles. The van der Waals surface area contributed by atoms with E-state index in [1.807, 2.05) is 0 Å². The van der Waals surface area contributed by atoms with Crippen LogP contribution in [-0.4, -0.2) is 9.67 Å². The number of nitrogens with zero attached hydrogens (tertiary/aromatic N) is 1. The lowest BCUT2D eigenvalue weighted by Gasteiger charge is -1.97. The molecule has 0 bridgehead atoms. The molecule has 1 N–H and O–H groups in total. The smallest absolute Gasteiger partial charge is 0.136 e. The summed E-state index contributed by atoms with van der Waals surface area (Å²) in [7, 11) is 1.81. The van der Waals surface area contributed by atoms with Gasteiger partial charge in [0, 0.05) is 30.8 Å². The lowest BCUT2D eigenvalue weighted by Crippen LogP contribution is -1.84. The SMILES string of the molecule is Cn1ccc2c(F)cc(O)cc21. The minimum atomic E-state index is -0.384. The van der Waals surface area contributed by atoms with Gasteiger partial charge in [-0.25, -0.2) is 4.39 Å². The van der Waals surface area contributed by atoms with Gasteiger partial charge in [0.2, 0.25) is 0 Å². The van der Waals surface area contributed by atoms with Crippen molar-refractivity contribution in [3.8, 4) is 5.75 Å². The van der Waals surface area contributed by atoms with Crippen molar-refractivity contribution in [1.29, 1.82) is 0 Å². The molecule has 12 heavy (non-hydrogen) atoms. The second-order valence-electron chi connectivity index (χ2n) is 2.79. The Morgan fingerprint density at radius 3 is 2.92 bits per heavy atom. The second kappa shape index (κ2) is 2.24. The molecule has 2 rings (SSSR count). The van der Waals surface area contributed by atoms with Crippen LogP contribution >= 0.6 is 0 Å². The van der Waals surface area contributed by atoms with Crippen LogP contribution in [0.15, 0.2) is 24.4 Å². The van der Waals surface area contributed by atoms with Crippen LogP contribution in [0, 0.1) is 5.82 Å². The van der Waals surface area contributed by atoms with E-state index in [0.29, 0.717) is 10.9 Å². The van der Waals surface area contributed by atoms with Gasteiger partial charge in [-0.15, -0.1) is 0 Å². The number of phenols is 1. The number of fused-ring (bicyclic) bond motifs is 1. The number of benzene rings is 1. The van der Waals surface area contributed by atoms with Gasteiger partial charge in [0.05, 0.1) is 5.52 Å². The van der Waals surface area contributed by atoms with E-state index in [9.17, 15) is 4.39 Å². The van der Waals surface area contributed by atoms with Crippen molar-refractivity contribution in [3.63, 3.8) is 0 Å². The highest BCUT2D eigenvalue weighted by molar-refractivity contribution is 5.82. The lowest BCUT2D eigenvalue weighted by atomic mass is 10.2. The molecule has 2 nitrogen and oxygen atoms in total. The molecular weight excluding hydrogens is 157 g/mol.